The third kappa shape index (κ3) is 5.32. The van der Waals surface area contributed by atoms with Crippen LogP contribution < -0.4 is 0 Å². The lowest BCUT2D eigenvalue weighted by Gasteiger charge is -2.27. The molecule has 0 aliphatic heterocycles. The van der Waals surface area contributed by atoms with Crippen LogP contribution in [0, 0.1) is 46.0 Å². The zero-order valence-corrected chi connectivity index (χ0v) is 17.5. The molecule has 0 bridgehead atoms. The lowest BCUT2D eigenvalue weighted by molar-refractivity contribution is 0.375. The quantitative estimate of drug-likeness (QED) is 0.227. The van der Waals surface area contributed by atoms with Crippen LogP contribution in [0.1, 0.15) is 61.1 Å². The molecular formula is C26H23F2NS. The number of nitriles is 1. The molecular weight excluding hydrogens is 396 g/mol. The predicted molar refractivity (Wildman–Crippen MR) is 117 cm³/mol. The Balaban J connectivity index is 1.37. The summed E-state index contributed by atoms with van der Waals surface area (Å²) in [6.07, 6.45) is 12.6. The lowest BCUT2D eigenvalue weighted by atomic mass is 9.78. The number of halogens is 2. The molecule has 0 heterocycles. The standard InChI is InChI=1S/C26H23F2NS/c27-24-15-21(16-25(28)26(24)30-17-29)6-5-20-9-13-23(14-10-20)22-11-7-19(8-12-22)4-3-18-1-2-18/h3-4,9-10,13-16,18-19,22H,1-2,7-8,11-12H2/b4-3+. The van der Waals surface area contributed by atoms with Gasteiger partial charge in [-0.3, -0.25) is 0 Å². The first kappa shape index (κ1) is 20.7. The van der Waals surface area contributed by atoms with Crippen molar-refractivity contribution >= 4 is 11.8 Å². The molecule has 2 saturated carbocycles. The van der Waals surface area contributed by atoms with E-state index in [2.05, 4.69) is 36.1 Å². The molecule has 30 heavy (non-hydrogen) atoms. The maximum Gasteiger partial charge on any atom is 0.142 e. The van der Waals surface area contributed by atoms with Crippen molar-refractivity contribution in [2.24, 2.45) is 11.8 Å². The molecule has 2 aromatic rings. The van der Waals surface area contributed by atoms with Gasteiger partial charge in [0.1, 0.15) is 17.0 Å². The minimum Gasteiger partial charge on any atom is -0.206 e. The summed E-state index contributed by atoms with van der Waals surface area (Å²) in [5, 5.41) is 10.3. The Bertz CT molecular complexity index is 1000. The molecule has 4 rings (SSSR count). The van der Waals surface area contributed by atoms with Gasteiger partial charge >= 0.3 is 0 Å². The van der Waals surface area contributed by atoms with E-state index in [4.69, 9.17) is 5.26 Å². The number of nitrogens with zero attached hydrogens (tertiary/aromatic N) is 1. The summed E-state index contributed by atoms with van der Waals surface area (Å²) < 4.78 is 27.8. The van der Waals surface area contributed by atoms with E-state index in [0.717, 1.165) is 17.4 Å². The van der Waals surface area contributed by atoms with E-state index in [0.29, 0.717) is 17.7 Å². The maximum atomic E-state index is 13.9. The second-order valence-corrected chi connectivity index (χ2v) is 8.96. The Kier molecular flexibility index (Phi) is 6.56. The fraction of sp³-hybridized carbons (Fsp3) is 0.346. The molecule has 152 valence electrons. The number of hydrogen-bond acceptors (Lipinski definition) is 2. The fourth-order valence-corrected chi connectivity index (χ4v) is 4.41. The van der Waals surface area contributed by atoms with E-state index in [1.807, 2.05) is 12.1 Å². The van der Waals surface area contributed by atoms with Gasteiger partial charge < -0.3 is 0 Å². The average molecular weight is 420 g/mol. The average Bonchev–Trinajstić information content (AvgIpc) is 3.59. The van der Waals surface area contributed by atoms with Gasteiger partial charge in [0, 0.05) is 11.1 Å². The Labute approximate surface area is 181 Å². The van der Waals surface area contributed by atoms with Crippen LogP contribution in [0.3, 0.4) is 0 Å². The SMILES string of the molecule is N#CSc1c(F)cc(C#Cc2ccc(C3CCC(/C=C/C4CC4)CC3)cc2)cc1F. The van der Waals surface area contributed by atoms with Gasteiger partial charge in [0.15, 0.2) is 0 Å². The molecule has 1 nitrogen and oxygen atoms in total. The van der Waals surface area contributed by atoms with E-state index >= 15 is 0 Å². The number of rotatable bonds is 4. The summed E-state index contributed by atoms with van der Waals surface area (Å²) >= 11 is 0.477. The normalized spacial score (nSPS) is 21.1. The number of benzene rings is 2. The molecule has 2 aromatic carbocycles. The third-order valence-electron chi connectivity index (χ3n) is 5.93. The van der Waals surface area contributed by atoms with Gasteiger partial charge in [-0.2, -0.15) is 5.26 Å². The summed E-state index contributed by atoms with van der Waals surface area (Å²) in [5.41, 5.74) is 2.42. The highest BCUT2D eigenvalue weighted by molar-refractivity contribution is 8.03. The van der Waals surface area contributed by atoms with E-state index in [9.17, 15) is 8.78 Å². The topological polar surface area (TPSA) is 23.8 Å². The van der Waals surface area contributed by atoms with Gasteiger partial charge in [-0.05, 0) is 97.9 Å². The summed E-state index contributed by atoms with van der Waals surface area (Å²) in [7, 11) is 0. The minimum absolute atomic E-state index is 0.258. The first-order valence-electron chi connectivity index (χ1n) is 10.5. The maximum absolute atomic E-state index is 13.9. The Morgan fingerprint density at radius 3 is 1.87 bits per heavy atom. The van der Waals surface area contributed by atoms with Gasteiger partial charge in [-0.1, -0.05) is 36.1 Å². The second kappa shape index (κ2) is 9.50. The van der Waals surface area contributed by atoms with Crippen LogP contribution in [0.25, 0.3) is 0 Å². The van der Waals surface area contributed by atoms with E-state index in [-0.39, 0.29) is 10.5 Å². The van der Waals surface area contributed by atoms with Crippen LogP contribution in [0.15, 0.2) is 53.4 Å². The van der Waals surface area contributed by atoms with Crippen LogP contribution >= 0.6 is 11.8 Å². The first-order valence-corrected chi connectivity index (χ1v) is 11.3. The van der Waals surface area contributed by atoms with Crippen LogP contribution in [0.5, 0.6) is 0 Å². The Morgan fingerprint density at radius 2 is 1.33 bits per heavy atom. The zero-order chi connectivity index (χ0) is 20.9. The fourth-order valence-electron chi connectivity index (χ4n) is 4.01. The second-order valence-electron chi connectivity index (χ2n) is 8.17. The molecule has 0 atom stereocenters. The summed E-state index contributed by atoms with van der Waals surface area (Å²) in [5.74, 6) is 6.47. The smallest absolute Gasteiger partial charge is 0.142 e. The number of thioether (sulfide) groups is 1. The van der Waals surface area contributed by atoms with Crippen molar-refractivity contribution in [1.82, 2.24) is 0 Å². The molecule has 0 aromatic heterocycles. The summed E-state index contributed by atoms with van der Waals surface area (Å²) in [4.78, 5) is -0.287. The highest BCUT2D eigenvalue weighted by atomic mass is 32.2. The van der Waals surface area contributed by atoms with Crippen LogP contribution in [0.2, 0.25) is 0 Å². The molecule has 0 N–H and O–H groups in total. The zero-order valence-electron chi connectivity index (χ0n) is 16.7. The number of hydrogen-bond donors (Lipinski definition) is 0. The highest BCUT2D eigenvalue weighted by Gasteiger charge is 2.22. The molecule has 0 saturated heterocycles. The first-order chi connectivity index (χ1) is 14.6. The van der Waals surface area contributed by atoms with Gasteiger partial charge in [-0.25, -0.2) is 8.78 Å². The molecule has 4 heteroatoms. The summed E-state index contributed by atoms with van der Waals surface area (Å²) in [6.45, 7) is 0. The Morgan fingerprint density at radius 1 is 0.800 bits per heavy atom. The van der Waals surface area contributed by atoms with Gasteiger partial charge in [0.25, 0.3) is 0 Å². The van der Waals surface area contributed by atoms with Gasteiger partial charge in [0.05, 0.1) is 4.90 Å². The van der Waals surface area contributed by atoms with Crippen molar-refractivity contribution in [1.29, 1.82) is 5.26 Å². The van der Waals surface area contributed by atoms with Crippen molar-refractivity contribution in [3.8, 4) is 17.2 Å². The molecule has 0 radical (unpaired) electrons. The molecule has 2 aliphatic carbocycles. The van der Waals surface area contributed by atoms with Gasteiger partial charge in [-0.15, -0.1) is 0 Å². The van der Waals surface area contributed by atoms with Crippen molar-refractivity contribution in [2.75, 3.05) is 0 Å². The monoisotopic (exact) mass is 419 g/mol. The van der Waals surface area contributed by atoms with E-state index in [1.54, 1.807) is 5.40 Å². The van der Waals surface area contributed by atoms with Crippen LogP contribution in [-0.4, -0.2) is 0 Å². The lowest BCUT2D eigenvalue weighted by Crippen LogP contribution is -2.11. The predicted octanol–water partition coefficient (Wildman–Crippen LogP) is 7.18. The molecule has 0 spiro atoms. The van der Waals surface area contributed by atoms with Crippen molar-refractivity contribution in [2.45, 2.75) is 49.3 Å². The number of thiocyanates is 1. The highest BCUT2D eigenvalue weighted by Crippen LogP contribution is 2.38. The van der Waals surface area contributed by atoms with Crippen molar-refractivity contribution < 1.29 is 8.78 Å². The molecule has 0 amide bonds. The molecule has 2 aliphatic rings. The van der Waals surface area contributed by atoms with Crippen molar-refractivity contribution in [3.63, 3.8) is 0 Å². The largest absolute Gasteiger partial charge is 0.206 e. The van der Waals surface area contributed by atoms with Crippen LogP contribution in [0.4, 0.5) is 8.78 Å². The third-order valence-corrected chi connectivity index (χ3v) is 6.61. The summed E-state index contributed by atoms with van der Waals surface area (Å²) in [6, 6.07) is 10.5. The van der Waals surface area contributed by atoms with Crippen LogP contribution in [-0.2, 0) is 0 Å². The molecule has 2 fully saturated rings. The van der Waals surface area contributed by atoms with Gasteiger partial charge in [0.2, 0.25) is 0 Å². The van der Waals surface area contributed by atoms with E-state index in [1.165, 1.54) is 56.2 Å². The van der Waals surface area contributed by atoms with Crippen molar-refractivity contribution in [3.05, 3.63) is 76.9 Å². The van der Waals surface area contributed by atoms with E-state index < -0.39 is 11.6 Å². The Hall–Kier alpha value is -2.56. The molecule has 0 unspecified atom stereocenters. The number of allylic oxidation sites excluding steroid dienone is 2. The minimum atomic E-state index is -0.760.